The third-order valence-electron chi connectivity index (χ3n) is 6.99. The van der Waals surface area contributed by atoms with Gasteiger partial charge in [0.15, 0.2) is 0 Å². The zero-order valence-corrected chi connectivity index (χ0v) is 20.2. The second kappa shape index (κ2) is 10.8. The minimum Gasteiger partial charge on any atom is -0.480 e. The van der Waals surface area contributed by atoms with Crippen LogP contribution in [0.5, 0.6) is 0 Å². The molecule has 4 rings (SSSR count). The fourth-order valence-electron chi connectivity index (χ4n) is 5.34. The highest BCUT2D eigenvalue weighted by Crippen LogP contribution is 2.36. The Bertz CT molecular complexity index is 1260. The quantitative estimate of drug-likeness (QED) is 0.401. The van der Waals surface area contributed by atoms with Crippen molar-refractivity contribution in [3.63, 3.8) is 0 Å². The van der Waals surface area contributed by atoms with Crippen LogP contribution in [0, 0.1) is 5.92 Å². The summed E-state index contributed by atoms with van der Waals surface area (Å²) in [5.41, 5.74) is 10.7. The van der Waals surface area contributed by atoms with Gasteiger partial charge in [0.05, 0.1) is 11.1 Å². The zero-order valence-electron chi connectivity index (χ0n) is 20.2. The average Bonchev–Trinajstić information content (AvgIpc) is 2.99. The Morgan fingerprint density at radius 2 is 1.97 bits per heavy atom. The standard InChI is InChI=1S/C28H33N3O4/c1-2-3-7-18-8-5-11-21-22-12-6-13-23(28(35)30-16-25(32)33)26(22)31(24(21)15-18)17-19-9-4-10-20(14-19)27(29)34/h4,6,9-10,12-14,18H,2-3,5,7-8,11,15-17H2,1H3,(H2,29,34)(H,30,35)(H,32,33). The zero-order chi connectivity index (χ0) is 24.9. The van der Waals surface area contributed by atoms with Crippen LogP contribution < -0.4 is 11.1 Å². The van der Waals surface area contributed by atoms with E-state index in [0.29, 0.717) is 23.6 Å². The molecule has 7 nitrogen and oxygen atoms in total. The summed E-state index contributed by atoms with van der Waals surface area (Å²) in [7, 11) is 0. The first-order chi connectivity index (χ1) is 16.9. The van der Waals surface area contributed by atoms with Crippen LogP contribution in [-0.2, 0) is 24.2 Å². The van der Waals surface area contributed by atoms with Gasteiger partial charge in [-0.3, -0.25) is 14.4 Å². The van der Waals surface area contributed by atoms with E-state index in [-0.39, 0.29) is 0 Å². The van der Waals surface area contributed by atoms with Crippen LogP contribution in [0.2, 0.25) is 0 Å². The number of nitrogens with one attached hydrogen (secondary N) is 1. The molecule has 1 unspecified atom stereocenters. The van der Waals surface area contributed by atoms with Crippen LogP contribution >= 0.6 is 0 Å². The molecule has 0 bridgehead atoms. The summed E-state index contributed by atoms with van der Waals surface area (Å²) >= 11 is 0. The van der Waals surface area contributed by atoms with Gasteiger partial charge in [0.2, 0.25) is 5.91 Å². The molecular formula is C28H33N3O4. The number of aromatic nitrogens is 1. The van der Waals surface area contributed by atoms with Gasteiger partial charge in [0.25, 0.3) is 5.91 Å². The lowest BCUT2D eigenvalue weighted by Gasteiger charge is -2.18. The Hall–Kier alpha value is -3.61. The molecule has 1 atom stereocenters. The first-order valence-electron chi connectivity index (χ1n) is 12.4. The monoisotopic (exact) mass is 475 g/mol. The van der Waals surface area contributed by atoms with Gasteiger partial charge in [-0.15, -0.1) is 0 Å². The lowest BCUT2D eigenvalue weighted by molar-refractivity contribution is -0.135. The van der Waals surface area contributed by atoms with Crippen molar-refractivity contribution in [2.75, 3.05) is 6.54 Å². The molecule has 0 saturated carbocycles. The first kappa shape index (κ1) is 24.5. The summed E-state index contributed by atoms with van der Waals surface area (Å²) in [6, 6.07) is 13.0. The Balaban J connectivity index is 1.86. The van der Waals surface area contributed by atoms with Gasteiger partial charge in [-0.25, -0.2) is 0 Å². The molecule has 35 heavy (non-hydrogen) atoms. The van der Waals surface area contributed by atoms with Gasteiger partial charge in [-0.2, -0.15) is 0 Å². The van der Waals surface area contributed by atoms with Gasteiger partial charge >= 0.3 is 5.97 Å². The first-order valence-corrected chi connectivity index (χ1v) is 12.4. The van der Waals surface area contributed by atoms with E-state index in [4.69, 9.17) is 10.8 Å². The van der Waals surface area contributed by atoms with E-state index in [0.717, 1.165) is 35.7 Å². The van der Waals surface area contributed by atoms with Crippen LogP contribution in [-0.4, -0.2) is 34.0 Å². The third-order valence-corrected chi connectivity index (χ3v) is 6.99. The number of carbonyl (C=O) groups excluding carboxylic acids is 2. The van der Waals surface area contributed by atoms with Crippen molar-refractivity contribution in [1.82, 2.24) is 9.88 Å². The summed E-state index contributed by atoms with van der Waals surface area (Å²) in [5.74, 6) is -1.38. The third kappa shape index (κ3) is 5.39. The number of nitrogens with two attached hydrogens (primary N) is 1. The molecule has 0 spiro atoms. The van der Waals surface area contributed by atoms with Crippen LogP contribution in [0.3, 0.4) is 0 Å². The van der Waals surface area contributed by atoms with Crippen molar-refractivity contribution in [3.8, 4) is 0 Å². The number of aliphatic carboxylic acids is 1. The SMILES string of the molecule is CCCCC1CCCc2c(n(Cc3cccc(C(N)=O)c3)c3c(C(=O)NCC(=O)O)cccc23)C1. The number of carbonyl (C=O) groups is 3. The molecular weight excluding hydrogens is 442 g/mol. The van der Waals surface area contributed by atoms with Crippen molar-refractivity contribution in [3.05, 3.63) is 70.4 Å². The summed E-state index contributed by atoms with van der Waals surface area (Å²) in [5, 5.41) is 12.6. The Morgan fingerprint density at radius 1 is 1.17 bits per heavy atom. The fraction of sp³-hybridized carbons (Fsp3) is 0.393. The van der Waals surface area contributed by atoms with Crippen LogP contribution in [0.25, 0.3) is 10.9 Å². The molecule has 184 valence electrons. The maximum absolute atomic E-state index is 13.0. The van der Waals surface area contributed by atoms with E-state index in [1.807, 2.05) is 18.2 Å². The molecule has 2 aromatic carbocycles. The van der Waals surface area contributed by atoms with E-state index >= 15 is 0 Å². The number of fused-ring (bicyclic) bond motifs is 3. The van der Waals surface area contributed by atoms with Crippen molar-refractivity contribution < 1.29 is 19.5 Å². The van der Waals surface area contributed by atoms with Gasteiger partial charge in [0, 0.05) is 23.2 Å². The average molecular weight is 476 g/mol. The molecule has 3 aromatic rings. The number of primary amides is 1. The Labute approximate surface area is 205 Å². The van der Waals surface area contributed by atoms with Gasteiger partial charge in [-0.1, -0.05) is 50.5 Å². The number of hydrogen-bond donors (Lipinski definition) is 3. The van der Waals surface area contributed by atoms with Crippen molar-refractivity contribution in [2.45, 2.75) is 58.4 Å². The maximum Gasteiger partial charge on any atom is 0.322 e. The van der Waals surface area contributed by atoms with E-state index < -0.39 is 24.3 Å². The number of amides is 2. The predicted molar refractivity (Wildman–Crippen MR) is 136 cm³/mol. The summed E-state index contributed by atoms with van der Waals surface area (Å²) < 4.78 is 2.21. The number of benzene rings is 2. The van der Waals surface area contributed by atoms with E-state index in [1.165, 1.54) is 36.9 Å². The number of carboxylic acids is 1. The largest absolute Gasteiger partial charge is 0.480 e. The lowest BCUT2D eigenvalue weighted by Crippen LogP contribution is -2.29. The molecule has 0 aliphatic heterocycles. The second-order valence-corrected chi connectivity index (χ2v) is 9.46. The smallest absolute Gasteiger partial charge is 0.322 e. The predicted octanol–water partition coefficient (Wildman–Crippen LogP) is 4.29. The molecule has 1 aromatic heterocycles. The van der Waals surface area contributed by atoms with Gasteiger partial charge in [0.1, 0.15) is 6.54 Å². The van der Waals surface area contributed by atoms with Crippen molar-refractivity contribution in [2.24, 2.45) is 11.7 Å². The molecule has 0 saturated heterocycles. The van der Waals surface area contributed by atoms with Gasteiger partial charge in [-0.05, 0) is 60.9 Å². The summed E-state index contributed by atoms with van der Waals surface area (Å²) in [6.45, 7) is 2.28. The number of carboxylic acid groups (broad SMARTS) is 1. The summed E-state index contributed by atoms with van der Waals surface area (Å²) in [4.78, 5) is 35.9. The number of nitrogens with zero attached hydrogens (tertiary/aromatic N) is 1. The minimum absolute atomic E-state index is 0.402. The Morgan fingerprint density at radius 3 is 2.71 bits per heavy atom. The molecule has 4 N–H and O–H groups in total. The fourth-order valence-corrected chi connectivity index (χ4v) is 5.34. The highest BCUT2D eigenvalue weighted by Gasteiger charge is 2.26. The number of para-hydroxylation sites is 1. The number of hydrogen-bond acceptors (Lipinski definition) is 3. The molecule has 1 heterocycles. The highest BCUT2D eigenvalue weighted by molar-refractivity contribution is 6.07. The molecule has 7 heteroatoms. The number of unbranched alkanes of at least 4 members (excludes halogenated alkanes) is 1. The number of rotatable bonds is 9. The van der Waals surface area contributed by atoms with E-state index in [9.17, 15) is 14.4 Å². The molecule has 1 aliphatic rings. The molecule has 0 fully saturated rings. The van der Waals surface area contributed by atoms with Crippen molar-refractivity contribution >= 4 is 28.7 Å². The molecule has 1 aliphatic carbocycles. The van der Waals surface area contributed by atoms with E-state index in [1.54, 1.807) is 18.2 Å². The Kier molecular flexibility index (Phi) is 7.54. The molecule has 0 radical (unpaired) electrons. The summed E-state index contributed by atoms with van der Waals surface area (Å²) in [6.07, 6.45) is 7.72. The minimum atomic E-state index is -1.08. The van der Waals surface area contributed by atoms with Crippen LogP contribution in [0.4, 0.5) is 0 Å². The van der Waals surface area contributed by atoms with Crippen LogP contribution in [0.1, 0.15) is 76.6 Å². The van der Waals surface area contributed by atoms with Crippen molar-refractivity contribution in [1.29, 1.82) is 0 Å². The second-order valence-electron chi connectivity index (χ2n) is 9.46. The van der Waals surface area contributed by atoms with E-state index in [2.05, 4.69) is 22.9 Å². The maximum atomic E-state index is 13.0. The van der Waals surface area contributed by atoms with Gasteiger partial charge < -0.3 is 20.7 Å². The lowest BCUT2D eigenvalue weighted by atomic mass is 9.94. The number of aryl methyl sites for hydroxylation is 1. The molecule has 2 amide bonds. The van der Waals surface area contributed by atoms with Crippen LogP contribution in [0.15, 0.2) is 42.5 Å². The normalized spacial score (nSPS) is 15.4. The highest BCUT2D eigenvalue weighted by atomic mass is 16.4. The topological polar surface area (TPSA) is 114 Å².